The molecule has 2 heterocycles. The molecule has 0 saturated carbocycles. The van der Waals surface area contributed by atoms with E-state index in [9.17, 15) is 0 Å². The number of hydrogen-bond acceptors (Lipinski definition) is 0. The highest BCUT2D eigenvalue weighted by Gasteiger charge is 2.12. The highest BCUT2D eigenvalue weighted by Crippen LogP contribution is 2.21. The van der Waals surface area contributed by atoms with Crippen LogP contribution in [0.15, 0.2) is 12.1 Å². The number of aryl methyl sites for hydroxylation is 4. The molecule has 0 aliphatic heterocycles. The van der Waals surface area contributed by atoms with Crippen LogP contribution in [-0.4, -0.2) is 9.13 Å². The maximum absolute atomic E-state index is 2.30. The lowest BCUT2D eigenvalue weighted by atomic mass is 10.1. The summed E-state index contributed by atoms with van der Waals surface area (Å²) in [5, 5.41) is 0. The van der Waals surface area contributed by atoms with E-state index in [1.165, 1.54) is 33.9 Å². The predicted octanol–water partition coefficient (Wildman–Crippen LogP) is 3.19. The number of hydrogen-bond donors (Lipinski definition) is 0. The van der Waals surface area contributed by atoms with Gasteiger partial charge in [0.05, 0.1) is 0 Å². The fraction of sp³-hybridized carbons (Fsp3) is 0.467. The lowest BCUT2D eigenvalue weighted by molar-refractivity contribution is 0.762. The minimum Gasteiger partial charge on any atom is -0.351 e. The Labute approximate surface area is 104 Å². The number of rotatable bonds is 2. The number of aromatic nitrogens is 2. The van der Waals surface area contributed by atoms with E-state index in [-0.39, 0.29) is 0 Å². The predicted molar refractivity (Wildman–Crippen MR) is 72.6 cm³/mol. The highest BCUT2D eigenvalue weighted by atomic mass is 15.0. The summed E-state index contributed by atoms with van der Waals surface area (Å²) in [7, 11) is 4.31. The first-order valence-electron chi connectivity index (χ1n) is 6.15. The molecule has 2 aromatic heterocycles. The standard InChI is InChI=1S/C15H22N2/c1-10-7-12(3)16(5)14(10)9-15-11(2)8-13(4)17(15)6/h7-8H,9H2,1-6H3. The second-order valence-corrected chi connectivity index (χ2v) is 5.13. The Morgan fingerprint density at radius 3 is 1.35 bits per heavy atom. The van der Waals surface area contributed by atoms with Gasteiger partial charge >= 0.3 is 0 Å². The molecule has 0 aromatic carbocycles. The largest absolute Gasteiger partial charge is 0.351 e. The Bertz CT molecular complexity index is 506. The van der Waals surface area contributed by atoms with E-state index < -0.39 is 0 Å². The third-order valence-corrected chi connectivity index (χ3v) is 3.96. The summed E-state index contributed by atoms with van der Waals surface area (Å²) < 4.78 is 4.61. The molecule has 0 N–H and O–H groups in total. The summed E-state index contributed by atoms with van der Waals surface area (Å²) in [4.78, 5) is 0. The summed E-state index contributed by atoms with van der Waals surface area (Å²) in [5.74, 6) is 0. The number of nitrogens with zero attached hydrogens (tertiary/aromatic N) is 2. The van der Waals surface area contributed by atoms with Gasteiger partial charge in [-0.1, -0.05) is 0 Å². The van der Waals surface area contributed by atoms with Gasteiger partial charge in [0.2, 0.25) is 0 Å². The normalized spacial score (nSPS) is 11.2. The first kappa shape index (κ1) is 12.0. The van der Waals surface area contributed by atoms with Crippen LogP contribution in [0.5, 0.6) is 0 Å². The van der Waals surface area contributed by atoms with Crippen LogP contribution >= 0.6 is 0 Å². The maximum atomic E-state index is 2.30. The third-order valence-electron chi connectivity index (χ3n) is 3.96. The van der Waals surface area contributed by atoms with Crippen molar-refractivity contribution in [2.75, 3.05) is 0 Å². The first-order valence-corrected chi connectivity index (χ1v) is 6.15. The van der Waals surface area contributed by atoms with Crippen LogP contribution in [-0.2, 0) is 20.5 Å². The zero-order valence-corrected chi connectivity index (χ0v) is 11.8. The molecule has 0 unspecified atom stereocenters. The van der Waals surface area contributed by atoms with Crippen LogP contribution in [0, 0.1) is 27.7 Å². The lowest BCUT2D eigenvalue weighted by Crippen LogP contribution is -2.06. The van der Waals surface area contributed by atoms with Crippen LogP contribution in [0.25, 0.3) is 0 Å². The average molecular weight is 230 g/mol. The van der Waals surface area contributed by atoms with Crippen molar-refractivity contribution >= 4 is 0 Å². The molecule has 0 atom stereocenters. The van der Waals surface area contributed by atoms with Gasteiger partial charge in [-0.15, -0.1) is 0 Å². The summed E-state index contributed by atoms with van der Waals surface area (Å²) in [5.41, 5.74) is 8.30. The van der Waals surface area contributed by atoms with Crippen molar-refractivity contribution in [3.63, 3.8) is 0 Å². The molecular weight excluding hydrogens is 208 g/mol. The van der Waals surface area contributed by atoms with E-state index in [0.29, 0.717) is 0 Å². The summed E-state index contributed by atoms with van der Waals surface area (Å²) in [6.45, 7) is 8.74. The molecule has 0 bridgehead atoms. The van der Waals surface area contributed by atoms with Gasteiger partial charge in [0.1, 0.15) is 0 Å². The average Bonchev–Trinajstić information content (AvgIpc) is 2.62. The molecular formula is C15H22N2. The van der Waals surface area contributed by atoms with Crippen LogP contribution in [0.2, 0.25) is 0 Å². The van der Waals surface area contributed by atoms with Crippen molar-refractivity contribution in [3.8, 4) is 0 Å². The van der Waals surface area contributed by atoms with Crippen molar-refractivity contribution in [1.29, 1.82) is 0 Å². The van der Waals surface area contributed by atoms with E-state index in [1.54, 1.807) is 0 Å². The molecule has 2 aromatic rings. The van der Waals surface area contributed by atoms with E-state index in [2.05, 4.69) is 63.1 Å². The van der Waals surface area contributed by atoms with Crippen LogP contribution in [0.3, 0.4) is 0 Å². The SMILES string of the molecule is Cc1cc(C)n(C)c1Cc1c(C)cc(C)n1C. The van der Waals surface area contributed by atoms with Gasteiger partial charge in [-0.05, 0) is 51.0 Å². The van der Waals surface area contributed by atoms with E-state index in [0.717, 1.165) is 6.42 Å². The molecule has 0 aliphatic carbocycles. The summed E-state index contributed by atoms with van der Waals surface area (Å²) in [6.07, 6.45) is 1.02. The van der Waals surface area contributed by atoms with Gasteiger partial charge in [-0.3, -0.25) is 0 Å². The first-order chi connectivity index (χ1) is 7.91. The molecule has 2 nitrogen and oxygen atoms in total. The molecule has 0 radical (unpaired) electrons. The van der Waals surface area contributed by atoms with Gasteiger partial charge in [0.25, 0.3) is 0 Å². The molecule has 2 rings (SSSR count). The molecule has 17 heavy (non-hydrogen) atoms. The zero-order chi connectivity index (χ0) is 12.7. The summed E-state index contributed by atoms with van der Waals surface area (Å²) in [6, 6.07) is 4.53. The Hall–Kier alpha value is -1.44. The van der Waals surface area contributed by atoms with Crippen LogP contribution in [0.1, 0.15) is 33.9 Å². The maximum Gasteiger partial charge on any atom is 0.0287 e. The van der Waals surface area contributed by atoms with Gasteiger partial charge in [0.15, 0.2) is 0 Å². The lowest BCUT2D eigenvalue weighted by Gasteiger charge is -2.10. The monoisotopic (exact) mass is 230 g/mol. The topological polar surface area (TPSA) is 9.86 Å². The quantitative estimate of drug-likeness (QED) is 0.750. The van der Waals surface area contributed by atoms with Gasteiger partial charge in [-0.25, -0.2) is 0 Å². The fourth-order valence-electron chi connectivity index (χ4n) is 2.62. The molecule has 0 aliphatic rings. The minimum absolute atomic E-state index is 1.02. The van der Waals surface area contributed by atoms with E-state index >= 15 is 0 Å². The minimum atomic E-state index is 1.02. The van der Waals surface area contributed by atoms with Crippen molar-refractivity contribution < 1.29 is 0 Å². The van der Waals surface area contributed by atoms with Crippen LogP contribution in [0.4, 0.5) is 0 Å². The Morgan fingerprint density at radius 1 is 0.765 bits per heavy atom. The van der Waals surface area contributed by atoms with Crippen molar-refractivity contribution in [2.45, 2.75) is 34.1 Å². The van der Waals surface area contributed by atoms with Crippen molar-refractivity contribution in [3.05, 3.63) is 46.0 Å². The van der Waals surface area contributed by atoms with E-state index in [4.69, 9.17) is 0 Å². The molecule has 0 saturated heterocycles. The summed E-state index contributed by atoms with van der Waals surface area (Å²) >= 11 is 0. The Kier molecular flexibility index (Phi) is 2.90. The van der Waals surface area contributed by atoms with E-state index in [1.807, 2.05) is 0 Å². The second kappa shape index (κ2) is 4.10. The second-order valence-electron chi connectivity index (χ2n) is 5.13. The molecule has 0 spiro atoms. The van der Waals surface area contributed by atoms with Gasteiger partial charge < -0.3 is 9.13 Å². The molecule has 92 valence electrons. The van der Waals surface area contributed by atoms with Gasteiger partial charge in [0, 0.05) is 43.3 Å². The molecule has 2 heteroatoms. The smallest absolute Gasteiger partial charge is 0.0287 e. The third kappa shape index (κ3) is 1.92. The van der Waals surface area contributed by atoms with Crippen molar-refractivity contribution in [1.82, 2.24) is 9.13 Å². The highest BCUT2D eigenvalue weighted by molar-refractivity contribution is 5.34. The Balaban J connectivity index is 2.44. The Morgan fingerprint density at radius 2 is 1.12 bits per heavy atom. The molecule has 0 amide bonds. The fourth-order valence-corrected chi connectivity index (χ4v) is 2.62. The van der Waals surface area contributed by atoms with Crippen LogP contribution < -0.4 is 0 Å². The molecule has 0 fully saturated rings. The van der Waals surface area contributed by atoms with Crippen molar-refractivity contribution in [2.24, 2.45) is 14.1 Å². The zero-order valence-electron chi connectivity index (χ0n) is 11.8. The van der Waals surface area contributed by atoms with Gasteiger partial charge in [-0.2, -0.15) is 0 Å².